The molecule has 10 heteroatoms. The summed E-state index contributed by atoms with van der Waals surface area (Å²) in [6, 6.07) is 6.17. The monoisotopic (exact) mass is 398 g/mol. The lowest BCUT2D eigenvalue weighted by molar-refractivity contribution is -0.385. The molecular weight excluding hydrogens is 376 g/mol. The predicted octanol–water partition coefficient (Wildman–Crippen LogP) is 2.58. The van der Waals surface area contributed by atoms with Crippen molar-refractivity contribution in [2.24, 2.45) is 5.92 Å². The van der Waals surface area contributed by atoms with Crippen LogP contribution in [0.1, 0.15) is 37.8 Å². The van der Waals surface area contributed by atoms with Crippen molar-refractivity contribution in [1.29, 1.82) is 0 Å². The molecule has 0 aliphatic carbocycles. The highest BCUT2D eigenvalue weighted by molar-refractivity contribution is 5.95. The number of hydrogen-bond acceptors (Lipinski definition) is 9. The number of nitrogens with two attached hydrogens (primary N) is 2. The number of para-hydroxylation sites is 1. The van der Waals surface area contributed by atoms with E-state index in [1.807, 2.05) is 13.8 Å². The fourth-order valence-electron chi connectivity index (χ4n) is 3.29. The van der Waals surface area contributed by atoms with Crippen LogP contribution in [0.15, 0.2) is 35.5 Å². The molecule has 0 fully saturated rings. The second kappa shape index (κ2) is 7.74. The van der Waals surface area contributed by atoms with Crippen LogP contribution in [0, 0.1) is 16.0 Å². The number of allylic oxidation sites excluding steroid dienone is 1. The summed E-state index contributed by atoms with van der Waals surface area (Å²) >= 11 is 0. The lowest BCUT2D eigenvalue weighted by Crippen LogP contribution is -2.27. The van der Waals surface area contributed by atoms with Crippen molar-refractivity contribution >= 4 is 29.2 Å². The molecule has 1 aliphatic rings. The maximum Gasteiger partial charge on any atom is 0.336 e. The van der Waals surface area contributed by atoms with Crippen LogP contribution in [0.2, 0.25) is 0 Å². The maximum atomic E-state index is 13.0. The zero-order chi connectivity index (χ0) is 21.3. The number of nitro groups is 1. The van der Waals surface area contributed by atoms with Gasteiger partial charge in [0.25, 0.3) is 5.69 Å². The van der Waals surface area contributed by atoms with Crippen LogP contribution in [-0.2, 0) is 9.53 Å². The second-order valence-corrected chi connectivity index (χ2v) is 7.13. The zero-order valence-electron chi connectivity index (χ0n) is 16.3. The molecule has 0 amide bonds. The molecular formula is C19H22N6O4. The fraction of sp³-hybridized carbons (Fsp3) is 0.316. The molecule has 152 valence electrons. The molecule has 0 bridgehead atoms. The van der Waals surface area contributed by atoms with Crippen LogP contribution in [0.3, 0.4) is 0 Å². The number of nitrogen functional groups attached to an aromatic ring is 2. The highest BCUT2D eigenvalue weighted by Crippen LogP contribution is 2.46. The van der Waals surface area contributed by atoms with Gasteiger partial charge in [-0.3, -0.25) is 10.1 Å². The Bertz CT molecular complexity index is 1020. The van der Waals surface area contributed by atoms with Crippen LogP contribution in [0.4, 0.5) is 23.3 Å². The van der Waals surface area contributed by atoms with E-state index in [1.54, 1.807) is 25.1 Å². The van der Waals surface area contributed by atoms with Gasteiger partial charge in [0.05, 0.1) is 23.0 Å². The molecule has 2 heterocycles. The number of aromatic nitrogens is 2. The third kappa shape index (κ3) is 3.82. The molecule has 0 saturated carbocycles. The van der Waals surface area contributed by atoms with Crippen LogP contribution in [-0.4, -0.2) is 27.5 Å². The number of carbonyl (C=O) groups is 1. The van der Waals surface area contributed by atoms with E-state index in [0.717, 1.165) is 0 Å². The van der Waals surface area contributed by atoms with E-state index in [9.17, 15) is 14.9 Å². The predicted molar refractivity (Wildman–Crippen MR) is 108 cm³/mol. The van der Waals surface area contributed by atoms with Gasteiger partial charge in [0.1, 0.15) is 11.6 Å². The molecule has 3 rings (SSSR count). The molecule has 1 aromatic heterocycles. The van der Waals surface area contributed by atoms with Crippen molar-refractivity contribution in [2.75, 3.05) is 23.4 Å². The molecule has 29 heavy (non-hydrogen) atoms. The van der Waals surface area contributed by atoms with Gasteiger partial charge < -0.3 is 21.5 Å². The first-order valence-corrected chi connectivity index (χ1v) is 9.01. The minimum absolute atomic E-state index is 0.0322. The van der Waals surface area contributed by atoms with Crippen LogP contribution in [0.5, 0.6) is 0 Å². The summed E-state index contributed by atoms with van der Waals surface area (Å²) in [5.41, 5.74) is 13.0. The average molecular weight is 398 g/mol. The number of rotatable bonds is 5. The number of carbonyl (C=O) groups excluding carboxylic acids is 1. The van der Waals surface area contributed by atoms with Gasteiger partial charge >= 0.3 is 5.97 Å². The molecule has 0 radical (unpaired) electrons. The van der Waals surface area contributed by atoms with E-state index in [0.29, 0.717) is 17.1 Å². The number of nitrogens with one attached hydrogen (secondary N) is 1. The molecule has 1 aliphatic heterocycles. The fourth-order valence-corrected chi connectivity index (χ4v) is 3.29. The summed E-state index contributed by atoms with van der Waals surface area (Å²) in [5.74, 6) is -1.06. The molecule has 10 nitrogen and oxygen atoms in total. The molecule has 5 N–H and O–H groups in total. The van der Waals surface area contributed by atoms with Gasteiger partial charge in [0.15, 0.2) is 0 Å². The molecule has 1 aromatic carbocycles. The van der Waals surface area contributed by atoms with Crippen LogP contribution >= 0.6 is 0 Å². The van der Waals surface area contributed by atoms with Crippen molar-refractivity contribution in [1.82, 2.24) is 9.97 Å². The molecule has 1 atom stereocenters. The van der Waals surface area contributed by atoms with Gasteiger partial charge in [-0.25, -0.2) is 4.79 Å². The third-order valence-electron chi connectivity index (χ3n) is 4.49. The van der Waals surface area contributed by atoms with Crippen LogP contribution < -0.4 is 16.8 Å². The Labute approximate surface area is 167 Å². The van der Waals surface area contributed by atoms with E-state index >= 15 is 0 Å². The minimum atomic E-state index is -0.881. The van der Waals surface area contributed by atoms with E-state index in [4.69, 9.17) is 16.2 Å². The summed E-state index contributed by atoms with van der Waals surface area (Å²) in [5, 5.41) is 14.7. The first-order valence-electron chi connectivity index (χ1n) is 9.01. The van der Waals surface area contributed by atoms with E-state index in [1.165, 1.54) is 6.07 Å². The van der Waals surface area contributed by atoms with Crippen molar-refractivity contribution < 1.29 is 14.5 Å². The Hall–Kier alpha value is -3.69. The number of ether oxygens (including phenoxy) is 1. The largest absolute Gasteiger partial charge is 0.462 e. The SMILES string of the molecule is CC1=C(C(=O)OCC(C)C)C(c2ccccc2[N+](=O)[O-])c2c(N)nc(N)nc2N1. The first kappa shape index (κ1) is 20.1. The summed E-state index contributed by atoms with van der Waals surface area (Å²) in [7, 11) is 0. The van der Waals surface area contributed by atoms with E-state index < -0.39 is 16.8 Å². The van der Waals surface area contributed by atoms with Crippen molar-refractivity contribution in [3.8, 4) is 0 Å². The third-order valence-corrected chi connectivity index (χ3v) is 4.49. The maximum absolute atomic E-state index is 13.0. The van der Waals surface area contributed by atoms with Gasteiger partial charge in [-0.05, 0) is 12.8 Å². The van der Waals surface area contributed by atoms with Gasteiger partial charge in [-0.1, -0.05) is 32.0 Å². The molecule has 0 spiro atoms. The Balaban J connectivity index is 2.25. The minimum Gasteiger partial charge on any atom is -0.462 e. The number of anilines is 3. The number of nitrogens with zero attached hydrogens (tertiary/aromatic N) is 3. The van der Waals surface area contributed by atoms with Crippen molar-refractivity contribution in [3.05, 3.63) is 56.8 Å². The second-order valence-electron chi connectivity index (χ2n) is 7.13. The van der Waals surface area contributed by atoms with Crippen molar-refractivity contribution in [3.63, 3.8) is 0 Å². The molecule has 1 unspecified atom stereocenters. The smallest absolute Gasteiger partial charge is 0.336 e. The van der Waals surface area contributed by atoms with Gasteiger partial charge in [0, 0.05) is 22.9 Å². The van der Waals surface area contributed by atoms with Gasteiger partial charge in [-0.2, -0.15) is 9.97 Å². The highest BCUT2D eigenvalue weighted by Gasteiger charge is 2.39. The lowest BCUT2D eigenvalue weighted by atomic mass is 9.81. The number of fused-ring (bicyclic) bond motifs is 1. The van der Waals surface area contributed by atoms with Gasteiger partial charge in [-0.15, -0.1) is 0 Å². The topological polar surface area (TPSA) is 159 Å². The zero-order valence-corrected chi connectivity index (χ0v) is 16.3. The number of benzene rings is 1. The summed E-state index contributed by atoms with van der Waals surface area (Å²) in [4.78, 5) is 32.3. The number of esters is 1. The highest BCUT2D eigenvalue weighted by atomic mass is 16.6. The lowest BCUT2D eigenvalue weighted by Gasteiger charge is -2.30. The van der Waals surface area contributed by atoms with Gasteiger partial charge in [0.2, 0.25) is 5.95 Å². The summed E-state index contributed by atoms with van der Waals surface area (Å²) in [6.07, 6.45) is 0. The van der Waals surface area contributed by atoms with E-state index in [2.05, 4.69) is 15.3 Å². The molecule has 0 saturated heterocycles. The van der Waals surface area contributed by atoms with E-state index in [-0.39, 0.29) is 41.1 Å². The first-order chi connectivity index (χ1) is 13.7. The van der Waals surface area contributed by atoms with Crippen molar-refractivity contribution in [2.45, 2.75) is 26.7 Å². The Morgan fingerprint density at radius 2 is 2.00 bits per heavy atom. The number of hydrogen-bond donors (Lipinski definition) is 3. The average Bonchev–Trinajstić information content (AvgIpc) is 2.64. The summed E-state index contributed by atoms with van der Waals surface area (Å²) in [6.45, 7) is 5.71. The Kier molecular flexibility index (Phi) is 5.35. The normalized spacial score (nSPS) is 15.7. The van der Waals surface area contributed by atoms with Crippen LogP contribution in [0.25, 0.3) is 0 Å². The Morgan fingerprint density at radius 3 is 2.66 bits per heavy atom. The molecule has 2 aromatic rings. The quantitative estimate of drug-likeness (QED) is 0.391. The Morgan fingerprint density at radius 1 is 1.31 bits per heavy atom. The standard InChI is InChI=1S/C19H22N6O4/c1-9(2)8-29-18(26)13-10(3)22-17-15(16(20)23-19(21)24-17)14(13)11-6-4-5-7-12(11)25(27)28/h4-7,9,14H,8H2,1-3H3,(H5,20,21,22,23,24). The summed E-state index contributed by atoms with van der Waals surface area (Å²) < 4.78 is 5.43. The number of nitro benzene ring substituents is 1.